The summed E-state index contributed by atoms with van der Waals surface area (Å²) in [6, 6.07) is 3.60. The molecule has 34 heavy (non-hydrogen) atoms. The van der Waals surface area contributed by atoms with Crippen LogP contribution in [0.3, 0.4) is 0 Å². The number of rotatable bonds is 14. The second-order valence-electron chi connectivity index (χ2n) is 7.94. The monoisotopic (exact) mass is 482 g/mol. The molecule has 0 aliphatic carbocycles. The Kier molecular flexibility index (Phi) is 11.6. The number of nitrogens with one attached hydrogen (secondary N) is 3. The first-order valence-electron chi connectivity index (χ1n) is 10.7. The van der Waals surface area contributed by atoms with Gasteiger partial charge in [0.2, 0.25) is 17.7 Å². The van der Waals surface area contributed by atoms with Crippen molar-refractivity contribution in [1.82, 2.24) is 16.0 Å². The van der Waals surface area contributed by atoms with E-state index < -0.39 is 66.4 Å². The first kappa shape index (κ1) is 28.5. The third-order valence-corrected chi connectivity index (χ3v) is 4.85. The normalized spacial score (nSPS) is 15.2. The molecule has 1 aromatic rings. The van der Waals surface area contributed by atoms with E-state index in [1.807, 2.05) is 0 Å². The summed E-state index contributed by atoms with van der Waals surface area (Å²) in [4.78, 5) is 59.5. The van der Waals surface area contributed by atoms with Crippen molar-refractivity contribution in [2.45, 2.75) is 69.9 Å². The van der Waals surface area contributed by atoms with Crippen LogP contribution in [0.25, 0.3) is 0 Å². The van der Waals surface area contributed by atoms with Crippen LogP contribution in [0.2, 0.25) is 0 Å². The quantitative estimate of drug-likeness (QED) is 0.209. The van der Waals surface area contributed by atoms with Gasteiger partial charge in [0.25, 0.3) is 0 Å². The molecule has 0 spiro atoms. The number of carboxylic acids is 2. The lowest BCUT2D eigenvalue weighted by atomic mass is 10.1. The van der Waals surface area contributed by atoms with E-state index in [0.717, 1.165) is 0 Å². The zero-order chi connectivity index (χ0) is 25.8. The number of hydrogen-bond donors (Lipinski definition) is 6. The highest BCUT2D eigenvalue weighted by Gasteiger charge is 2.29. The van der Waals surface area contributed by atoms with Crippen molar-refractivity contribution in [2.75, 3.05) is 0 Å². The van der Waals surface area contributed by atoms with Crippen LogP contribution in [-0.2, 0) is 30.4 Å². The van der Waals surface area contributed by atoms with Gasteiger partial charge in [-0.25, -0.2) is 9.18 Å². The molecule has 188 valence electrons. The summed E-state index contributed by atoms with van der Waals surface area (Å²) in [5.74, 6) is -4.91. The lowest BCUT2D eigenvalue weighted by molar-refractivity contribution is -0.142. The fourth-order valence-corrected chi connectivity index (χ4v) is 2.97. The number of nitrogens with two attached hydrogens (primary N) is 1. The standard InChI is InChI=1S/C22H31FN4O7/c1-12(23)10-16(26-20(31)15(24)8-9-18(28)29)21(32)25-13(2)19(30)27-17(22(33)34)11-14-6-4-3-5-7-14/h3-7,12-13,15-17H,8-11,24H2,1-2H3,(H,25,32)(H,26,31)(H,27,30)(H,28,29)(H,33,34)/t12?,13-,15-,16-,17-/m0/s1. The molecule has 0 aliphatic rings. The van der Waals surface area contributed by atoms with Crippen LogP contribution in [0, 0.1) is 0 Å². The Morgan fingerprint density at radius 3 is 2.03 bits per heavy atom. The Labute approximate surface area is 196 Å². The summed E-state index contributed by atoms with van der Waals surface area (Å²) >= 11 is 0. The second kappa shape index (κ2) is 13.9. The topological polar surface area (TPSA) is 188 Å². The highest BCUT2D eigenvalue weighted by atomic mass is 19.1. The molecular weight excluding hydrogens is 451 g/mol. The molecule has 0 aromatic heterocycles. The maximum absolute atomic E-state index is 13.6. The molecule has 11 nitrogen and oxygen atoms in total. The molecule has 5 atom stereocenters. The van der Waals surface area contributed by atoms with E-state index in [2.05, 4.69) is 16.0 Å². The van der Waals surface area contributed by atoms with Gasteiger partial charge in [-0.1, -0.05) is 30.3 Å². The largest absolute Gasteiger partial charge is 0.481 e. The fourth-order valence-electron chi connectivity index (χ4n) is 2.97. The molecule has 0 bridgehead atoms. The van der Waals surface area contributed by atoms with Gasteiger partial charge in [-0.2, -0.15) is 0 Å². The van der Waals surface area contributed by atoms with E-state index in [-0.39, 0.29) is 19.3 Å². The average molecular weight is 483 g/mol. The molecule has 12 heteroatoms. The Balaban J connectivity index is 2.76. The molecule has 1 aromatic carbocycles. The zero-order valence-corrected chi connectivity index (χ0v) is 19.0. The zero-order valence-electron chi connectivity index (χ0n) is 19.0. The molecule has 0 fully saturated rings. The smallest absolute Gasteiger partial charge is 0.326 e. The first-order chi connectivity index (χ1) is 15.9. The van der Waals surface area contributed by atoms with Gasteiger partial charge < -0.3 is 31.9 Å². The van der Waals surface area contributed by atoms with Crippen LogP contribution in [-0.4, -0.2) is 70.2 Å². The van der Waals surface area contributed by atoms with Crippen molar-refractivity contribution in [3.63, 3.8) is 0 Å². The number of carboxylic acid groups (broad SMARTS) is 2. The molecule has 0 heterocycles. The number of carbonyl (C=O) groups excluding carboxylic acids is 3. The van der Waals surface area contributed by atoms with E-state index >= 15 is 0 Å². The van der Waals surface area contributed by atoms with Crippen molar-refractivity contribution in [3.8, 4) is 0 Å². The summed E-state index contributed by atoms with van der Waals surface area (Å²) in [7, 11) is 0. The van der Waals surface area contributed by atoms with Crippen LogP contribution in [0.4, 0.5) is 4.39 Å². The maximum atomic E-state index is 13.6. The fraction of sp³-hybridized carbons (Fsp3) is 0.500. The third kappa shape index (κ3) is 10.4. The summed E-state index contributed by atoms with van der Waals surface area (Å²) in [6.45, 7) is 2.49. The van der Waals surface area contributed by atoms with Gasteiger partial charge in [-0.05, 0) is 25.8 Å². The minimum absolute atomic E-state index is 0.0227. The van der Waals surface area contributed by atoms with Crippen LogP contribution < -0.4 is 21.7 Å². The third-order valence-electron chi connectivity index (χ3n) is 4.85. The van der Waals surface area contributed by atoms with E-state index in [1.165, 1.54) is 13.8 Å². The summed E-state index contributed by atoms with van der Waals surface area (Å²) in [5, 5.41) is 25.1. The number of aliphatic carboxylic acids is 2. The van der Waals surface area contributed by atoms with E-state index in [9.17, 15) is 33.5 Å². The molecule has 1 rings (SSSR count). The number of carbonyl (C=O) groups is 5. The van der Waals surface area contributed by atoms with E-state index in [0.29, 0.717) is 5.56 Å². The molecule has 7 N–H and O–H groups in total. The van der Waals surface area contributed by atoms with Crippen molar-refractivity contribution >= 4 is 29.7 Å². The molecule has 0 aliphatic heterocycles. The molecule has 3 amide bonds. The molecule has 0 saturated carbocycles. The first-order valence-corrected chi connectivity index (χ1v) is 10.7. The predicted molar refractivity (Wildman–Crippen MR) is 119 cm³/mol. The van der Waals surface area contributed by atoms with Crippen LogP contribution >= 0.6 is 0 Å². The highest BCUT2D eigenvalue weighted by molar-refractivity contribution is 5.94. The van der Waals surface area contributed by atoms with E-state index in [4.69, 9.17) is 10.8 Å². The SMILES string of the molecule is CC(F)C[C@H](NC(=O)[C@@H](N)CCC(=O)O)C(=O)N[C@@H](C)C(=O)N[C@@H](Cc1ccccc1)C(=O)O. The minimum atomic E-state index is -1.49. The Hall–Kier alpha value is -3.54. The lowest BCUT2D eigenvalue weighted by Crippen LogP contribution is -2.56. The molecule has 1 unspecified atom stereocenters. The van der Waals surface area contributed by atoms with Gasteiger partial charge in [0.1, 0.15) is 18.1 Å². The Bertz CT molecular complexity index is 866. The maximum Gasteiger partial charge on any atom is 0.326 e. The van der Waals surface area contributed by atoms with Gasteiger partial charge in [-0.3, -0.25) is 19.2 Å². The molecule has 0 saturated heterocycles. The number of alkyl halides is 1. The van der Waals surface area contributed by atoms with Gasteiger partial charge in [0.05, 0.1) is 12.2 Å². The van der Waals surface area contributed by atoms with Gasteiger partial charge in [0, 0.05) is 19.3 Å². The minimum Gasteiger partial charge on any atom is -0.481 e. The van der Waals surface area contributed by atoms with Crippen molar-refractivity contribution in [3.05, 3.63) is 35.9 Å². The van der Waals surface area contributed by atoms with Crippen LogP contribution in [0.1, 0.15) is 38.7 Å². The van der Waals surface area contributed by atoms with Crippen molar-refractivity contribution in [2.24, 2.45) is 5.73 Å². The molecular formula is C22H31FN4O7. The van der Waals surface area contributed by atoms with Gasteiger partial charge >= 0.3 is 11.9 Å². The molecule has 0 radical (unpaired) electrons. The van der Waals surface area contributed by atoms with Crippen molar-refractivity contribution < 1.29 is 38.6 Å². The lowest BCUT2D eigenvalue weighted by Gasteiger charge is -2.24. The Morgan fingerprint density at radius 1 is 0.912 bits per heavy atom. The summed E-state index contributed by atoms with van der Waals surface area (Å²) < 4.78 is 13.6. The number of amides is 3. The summed E-state index contributed by atoms with van der Waals surface area (Å²) in [5.41, 5.74) is 6.31. The van der Waals surface area contributed by atoms with Crippen LogP contribution in [0.15, 0.2) is 30.3 Å². The van der Waals surface area contributed by atoms with Gasteiger partial charge in [0.15, 0.2) is 0 Å². The predicted octanol–water partition coefficient (Wildman–Crippen LogP) is -0.272. The number of hydrogen-bond acceptors (Lipinski definition) is 6. The number of halogens is 1. The highest BCUT2D eigenvalue weighted by Crippen LogP contribution is 2.06. The second-order valence-corrected chi connectivity index (χ2v) is 7.94. The van der Waals surface area contributed by atoms with Crippen molar-refractivity contribution in [1.29, 1.82) is 0 Å². The van der Waals surface area contributed by atoms with Crippen LogP contribution in [0.5, 0.6) is 0 Å². The Morgan fingerprint density at radius 2 is 1.50 bits per heavy atom. The number of benzene rings is 1. The average Bonchev–Trinajstić information content (AvgIpc) is 2.76. The summed E-state index contributed by atoms with van der Waals surface area (Å²) in [6.07, 6.45) is -2.43. The van der Waals surface area contributed by atoms with Gasteiger partial charge in [-0.15, -0.1) is 0 Å². The van der Waals surface area contributed by atoms with E-state index in [1.54, 1.807) is 30.3 Å².